The van der Waals surface area contributed by atoms with E-state index < -0.39 is 23.9 Å². The first-order valence-corrected chi connectivity index (χ1v) is 6.66. The Morgan fingerprint density at radius 3 is 2.71 bits per heavy atom. The Labute approximate surface area is 119 Å². The molecule has 0 spiro atoms. The van der Waals surface area contributed by atoms with Crippen LogP contribution in [0.2, 0.25) is 0 Å². The predicted molar refractivity (Wildman–Crippen MR) is 70.5 cm³/mol. The number of hydrogen-bond acceptors (Lipinski definition) is 1. The highest BCUT2D eigenvalue weighted by atomic mass is 19.4. The van der Waals surface area contributed by atoms with E-state index >= 15 is 0 Å². The molecule has 0 aromatic heterocycles. The van der Waals surface area contributed by atoms with Crippen molar-refractivity contribution in [2.75, 3.05) is 18.4 Å². The number of aryl methyl sites for hydroxylation is 1. The summed E-state index contributed by atoms with van der Waals surface area (Å²) < 4.78 is 51.5. The Morgan fingerprint density at radius 1 is 1.38 bits per heavy atom. The Balaban J connectivity index is 2.01. The number of hydrogen-bond donors (Lipinski definition) is 1. The largest absolute Gasteiger partial charge is 0.393 e. The molecule has 1 saturated heterocycles. The zero-order valence-electron chi connectivity index (χ0n) is 11.5. The van der Waals surface area contributed by atoms with Gasteiger partial charge >= 0.3 is 12.2 Å². The molecule has 2 amide bonds. The first kappa shape index (κ1) is 15.6. The minimum absolute atomic E-state index is 0.0342. The maximum absolute atomic E-state index is 13.4. The van der Waals surface area contributed by atoms with Gasteiger partial charge in [-0.15, -0.1) is 0 Å². The van der Waals surface area contributed by atoms with E-state index in [0.717, 1.165) is 11.0 Å². The standard InChI is InChI=1S/C14H16F4N2O/c1-9-4-5-11(7-12(9)15)19-13(21)20-6-2-3-10(8-20)14(16,17)18/h4-5,7,10H,2-3,6,8H2,1H3,(H,19,21). The van der Waals surface area contributed by atoms with Crippen LogP contribution in [0.3, 0.4) is 0 Å². The Morgan fingerprint density at radius 2 is 2.10 bits per heavy atom. The van der Waals surface area contributed by atoms with Crippen molar-refractivity contribution in [3.05, 3.63) is 29.6 Å². The first-order chi connectivity index (χ1) is 9.77. The molecule has 1 aliphatic heterocycles. The number of carbonyl (C=O) groups excluding carboxylic acids is 1. The number of piperidine rings is 1. The van der Waals surface area contributed by atoms with E-state index in [1.165, 1.54) is 12.1 Å². The van der Waals surface area contributed by atoms with Crippen LogP contribution in [0.4, 0.5) is 28.0 Å². The highest BCUT2D eigenvalue weighted by molar-refractivity contribution is 5.89. The lowest BCUT2D eigenvalue weighted by Gasteiger charge is -2.33. The van der Waals surface area contributed by atoms with E-state index in [2.05, 4.69) is 5.32 Å². The lowest BCUT2D eigenvalue weighted by atomic mass is 9.98. The van der Waals surface area contributed by atoms with Crippen molar-refractivity contribution in [3.63, 3.8) is 0 Å². The van der Waals surface area contributed by atoms with Crippen LogP contribution in [0.5, 0.6) is 0 Å². The molecular weight excluding hydrogens is 288 g/mol. The zero-order chi connectivity index (χ0) is 15.6. The second-order valence-corrected chi connectivity index (χ2v) is 5.22. The number of rotatable bonds is 1. The lowest BCUT2D eigenvalue weighted by Crippen LogP contribution is -2.46. The van der Waals surface area contributed by atoms with Gasteiger partial charge in [-0.2, -0.15) is 13.2 Å². The molecule has 7 heteroatoms. The van der Waals surface area contributed by atoms with Crippen LogP contribution in [-0.2, 0) is 0 Å². The molecule has 0 bridgehead atoms. The number of urea groups is 1. The van der Waals surface area contributed by atoms with Gasteiger partial charge in [0.25, 0.3) is 0 Å². The van der Waals surface area contributed by atoms with Crippen molar-refractivity contribution in [1.82, 2.24) is 4.90 Å². The molecular formula is C14H16F4N2O. The number of likely N-dealkylation sites (tertiary alicyclic amines) is 1. The zero-order valence-corrected chi connectivity index (χ0v) is 11.5. The fourth-order valence-corrected chi connectivity index (χ4v) is 2.30. The smallest absolute Gasteiger partial charge is 0.324 e. The molecule has 1 unspecified atom stereocenters. The van der Waals surface area contributed by atoms with E-state index in [4.69, 9.17) is 0 Å². The summed E-state index contributed by atoms with van der Waals surface area (Å²) in [6.07, 6.45) is -3.96. The molecule has 1 aromatic carbocycles. The SMILES string of the molecule is Cc1ccc(NC(=O)N2CCCC(C(F)(F)F)C2)cc1F. The third-order valence-electron chi connectivity index (χ3n) is 3.59. The molecule has 3 nitrogen and oxygen atoms in total. The fourth-order valence-electron chi connectivity index (χ4n) is 2.30. The topological polar surface area (TPSA) is 32.3 Å². The molecule has 116 valence electrons. The average Bonchev–Trinajstić information content (AvgIpc) is 2.42. The van der Waals surface area contributed by atoms with Gasteiger partial charge in [0.2, 0.25) is 0 Å². The second-order valence-electron chi connectivity index (χ2n) is 5.22. The third-order valence-corrected chi connectivity index (χ3v) is 3.59. The number of benzene rings is 1. The first-order valence-electron chi connectivity index (χ1n) is 6.66. The number of alkyl halides is 3. The van der Waals surface area contributed by atoms with Crippen LogP contribution < -0.4 is 5.32 Å². The molecule has 1 aromatic rings. The molecule has 0 aliphatic carbocycles. The number of nitrogens with one attached hydrogen (secondary N) is 1. The van der Waals surface area contributed by atoms with E-state index in [0.29, 0.717) is 12.0 Å². The summed E-state index contributed by atoms with van der Waals surface area (Å²) in [4.78, 5) is 13.1. The number of halogens is 4. The van der Waals surface area contributed by atoms with Gasteiger partial charge in [-0.1, -0.05) is 6.07 Å². The summed E-state index contributed by atoms with van der Waals surface area (Å²) in [5.41, 5.74) is 0.667. The molecule has 21 heavy (non-hydrogen) atoms. The van der Waals surface area contributed by atoms with Crippen LogP contribution in [0.25, 0.3) is 0 Å². The van der Waals surface area contributed by atoms with Gasteiger partial charge < -0.3 is 10.2 Å². The van der Waals surface area contributed by atoms with Gasteiger partial charge in [0, 0.05) is 18.8 Å². The van der Waals surface area contributed by atoms with Gasteiger partial charge in [0.05, 0.1) is 5.92 Å². The van der Waals surface area contributed by atoms with Crippen molar-refractivity contribution in [3.8, 4) is 0 Å². The second kappa shape index (κ2) is 5.91. The van der Waals surface area contributed by atoms with Crippen LogP contribution in [-0.4, -0.2) is 30.2 Å². The molecule has 1 aliphatic rings. The van der Waals surface area contributed by atoms with Crippen molar-refractivity contribution in [2.45, 2.75) is 25.9 Å². The molecule has 1 atom stereocenters. The summed E-state index contributed by atoms with van der Waals surface area (Å²) in [5, 5.41) is 2.43. The van der Waals surface area contributed by atoms with Crippen molar-refractivity contribution < 1.29 is 22.4 Å². The van der Waals surface area contributed by atoms with E-state index in [-0.39, 0.29) is 25.2 Å². The van der Waals surface area contributed by atoms with E-state index in [1.807, 2.05) is 0 Å². The van der Waals surface area contributed by atoms with Gasteiger partial charge in [0.1, 0.15) is 5.82 Å². The van der Waals surface area contributed by atoms with E-state index in [1.54, 1.807) is 6.92 Å². The quantitative estimate of drug-likeness (QED) is 0.783. The number of amides is 2. The number of nitrogens with zero attached hydrogens (tertiary/aromatic N) is 1. The minimum atomic E-state index is -4.30. The Kier molecular flexibility index (Phi) is 4.39. The maximum atomic E-state index is 13.4. The fraction of sp³-hybridized carbons (Fsp3) is 0.500. The Hall–Kier alpha value is -1.79. The normalized spacial score (nSPS) is 19.5. The van der Waals surface area contributed by atoms with Crippen LogP contribution in [0, 0.1) is 18.7 Å². The average molecular weight is 304 g/mol. The molecule has 0 radical (unpaired) electrons. The predicted octanol–water partition coefficient (Wildman–Crippen LogP) is 3.94. The molecule has 0 saturated carbocycles. The molecule has 2 rings (SSSR count). The molecule has 1 heterocycles. The van der Waals surface area contributed by atoms with Gasteiger partial charge in [0.15, 0.2) is 0 Å². The highest BCUT2D eigenvalue weighted by Gasteiger charge is 2.42. The van der Waals surface area contributed by atoms with E-state index in [9.17, 15) is 22.4 Å². The van der Waals surface area contributed by atoms with Crippen molar-refractivity contribution in [1.29, 1.82) is 0 Å². The summed E-state index contributed by atoms with van der Waals surface area (Å²) in [5.74, 6) is -1.97. The molecule has 1 fully saturated rings. The monoisotopic (exact) mass is 304 g/mol. The summed E-state index contributed by atoms with van der Waals surface area (Å²) in [7, 11) is 0. The maximum Gasteiger partial charge on any atom is 0.393 e. The van der Waals surface area contributed by atoms with Gasteiger partial charge in [-0.25, -0.2) is 9.18 Å². The molecule has 1 N–H and O–H groups in total. The van der Waals surface area contributed by atoms with Crippen LogP contribution >= 0.6 is 0 Å². The summed E-state index contributed by atoms with van der Waals surface area (Å²) in [6, 6.07) is 3.53. The Bertz CT molecular complexity index is 530. The minimum Gasteiger partial charge on any atom is -0.324 e. The highest BCUT2D eigenvalue weighted by Crippen LogP contribution is 2.33. The lowest BCUT2D eigenvalue weighted by molar-refractivity contribution is -0.183. The van der Waals surface area contributed by atoms with Crippen molar-refractivity contribution >= 4 is 11.7 Å². The van der Waals surface area contributed by atoms with Gasteiger partial charge in [-0.05, 0) is 37.5 Å². The number of anilines is 1. The van der Waals surface area contributed by atoms with Crippen LogP contribution in [0.15, 0.2) is 18.2 Å². The van der Waals surface area contributed by atoms with Gasteiger partial charge in [-0.3, -0.25) is 0 Å². The summed E-state index contributed by atoms with van der Waals surface area (Å²) >= 11 is 0. The number of carbonyl (C=O) groups is 1. The summed E-state index contributed by atoms with van der Waals surface area (Å²) in [6.45, 7) is 1.50. The van der Waals surface area contributed by atoms with Crippen LogP contribution in [0.1, 0.15) is 18.4 Å². The van der Waals surface area contributed by atoms with Crippen molar-refractivity contribution in [2.24, 2.45) is 5.92 Å². The third kappa shape index (κ3) is 3.86.